The van der Waals surface area contributed by atoms with Crippen LogP contribution >= 0.6 is 23.2 Å². The zero-order chi connectivity index (χ0) is 31.0. The number of carbonyl (C=O) groups is 2. The van der Waals surface area contributed by atoms with Gasteiger partial charge in [0.1, 0.15) is 18.4 Å². The van der Waals surface area contributed by atoms with Gasteiger partial charge in [-0.2, -0.15) is 0 Å². The summed E-state index contributed by atoms with van der Waals surface area (Å²) in [7, 11) is -4.27. The molecular weight excluding hydrogens is 612 g/mol. The third-order valence-corrected chi connectivity index (χ3v) is 9.21. The maximum absolute atomic E-state index is 14.3. The molecule has 4 aromatic carbocycles. The van der Waals surface area contributed by atoms with Crippen molar-refractivity contribution < 1.29 is 22.4 Å². The summed E-state index contributed by atoms with van der Waals surface area (Å²) < 4.78 is 42.5. The molecule has 0 heterocycles. The Hall–Kier alpha value is -3.92. The quantitative estimate of drug-likeness (QED) is 0.202. The minimum atomic E-state index is -4.27. The highest BCUT2D eigenvalue weighted by Gasteiger charge is 2.34. The van der Waals surface area contributed by atoms with E-state index in [4.69, 9.17) is 23.2 Å². The third-order valence-electron chi connectivity index (χ3n) is 6.68. The first kappa shape index (κ1) is 32.0. The Labute approximate surface area is 260 Å². The van der Waals surface area contributed by atoms with Crippen molar-refractivity contribution in [3.05, 3.63) is 130 Å². The number of halogens is 3. The highest BCUT2D eigenvalue weighted by molar-refractivity contribution is 7.92. The van der Waals surface area contributed by atoms with Crippen LogP contribution in [-0.4, -0.2) is 44.3 Å². The predicted octanol–water partition coefficient (Wildman–Crippen LogP) is 6.10. The summed E-state index contributed by atoms with van der Waals surface area (Å²) in [6.07, 6.45) is 0.168. The van der Waals surface area contributed by atoms with Gasteiger partial charge in [0.25, 0.3) is 10.0 Å². The van der Waals surface area contributed by atoms with Crippen LogP contribution in [0.25, 0.3) is 0 Å². The molecule has 0 bridgehead atoms. The summed E-state index contributed by atoms with van der Waals surface area (Å²) in [6, 6.07) is 25.5. The number of anilines is 1. The van der Waals surface area contributed by atoms with Gasteiger partial charge in [-0.3, -0.25) is 13.9 Å². The SMILES string of the molecule is CCNC(=O)[C@H](Cc1ccccc1)N(Cc1ccc(Cl)c(Cl)c1)C(=O)CN(c1ccc(F)cc1)S(=O)(=O)c1ccccc1. The molecule has 0 aliphatic carbocycles. The van der Waals surface area contributed by atoms with Crippen LogP contribution in [0.5, 0.6) is 0 Å². The third kappa shape index (κ3) is 8.13. The summed E-state index contributed by atoms with van der Waals surface area (Å²) in [4.78, 5) is 29.1. The molecule has 4 aromatic rings. The average Bonchev–Trinajstić information content (AvgIpc) is 3.01. The van der Waals surface area contributed by atoms with E-state index < -0.39 is 40.2 Å². The van der Waals surface area contributed by atoms with Gasteiger partial charge in [0.05, 0.1) is 20.6 Å². The van der Waals surface area contributed by atoms with Gasteiger partial charge in [-0.05, 0) is 66.6 Å². The molecule has 0 saturated carbocycles. The zero-order valence-corrected chi connectivity index (χ0v) is 25.6. The number of hydrogen-bond donors (Lipinski definition) is 1. The van der Waals surface area contributed by atoms with E-state index in [9.17, 15) is 22.4 Å². The first-order valence-corrected chi connectivity index (χ1v) is 15.7. The molecule has 224 valence electrons. The topological polar surface area (TPSA) is 86.8 Å². The van der Waals surface area contributed by atoms with E-state index >= 15 is 0 Å². The molecule has 43 heavy (non-hydrogen) atoms. The van der Waals surface area contributed by atoms with Gasteiger partial charge in [-0.1, -0.05) is 77.8 Å². The number of carbonyl (C=O) groups excluding carboxylic acids is 2. The molecule has 0 fully saturated rings. The highest BCUT2D eigenvalue weighted by Crippen LogP contribution is 2.27. The van der Waals surface area contributed by atoms with Crippen LogP contribution in [0, 0.1) is 5.82 Å². The first-order chi connectivity index (χ1) is 20.6. The lowest BCUT2D eigenvalue weighted by Gasteiger charge is -2.34. The van der Waals surface area contributed by atoms with Crippen molar-refractivity contribution in [3.63, 3.8) is 0 Å². The molecule has 4 rings (SSSR count). The molecule has 7 nitrogen and oxygen atoms in total. The van der Waals surface area contributed by atoms with Crippen LogP contribution in [0.4, 0.5) is 10.1 Å². The van der Waals surface area contributed by atoms with Gasteiger partial charge < -0.3 is 10.2 Å². The van der Waals surface area contributed by atoms with Crippen molar-refractivity contribution in [1.82, 2.24) is 10.2 Å². The average molecular weight is 643 g/mol. The molecule has 0 aliphatic heterocycles. The van der Waals surface area contributed by atoms with E-state index in [2.05, 4.69) is 5.32 Å². The van der Waals surface area contributed by atoms with Crippen LogP contribution in [0.3, 0.4) is 0 Å². The fourth-order valence-electron chi connectivity index (χ4n) is 4.54. The van der Waals surface area contributed by atoms with Gasteiger partial charge in [0, 0.05) is 19.5 Å². The maximum atomic E-state index is 14.3. The maximum Gasteiger partial charge on any atom is 0.264 e. The number of hydrogen-bond acceptors (Lipinski definition) is 4. The van der Waals surface area contributed by atoms with Crippen molar-refractivity contribution in [2.24, 2.45) is 0 Å². The van der Waals surface area contributed by atoms with E-state index in [-0.39, 0.29) is 28.6 Å². The second-order valence-electron chi connectivity index (χ2n) is 9.67. The number of nitrogens with one attached hydrogen (secondary N) is 1. The lowest BCUT2D eigenvalue weighted by atomic mass is 10.0. The van der Waals surface area contributed by atoms with Crippen molar-refractivity contribution in [3.8, 4) is 0 Å². The van der Waals surface area contributed by atoms with Crippen LogP contribution < -0.4 is 9.62 Å². The summed E-state index contributed by atoms with van der Waals surface area (Å²) >= 11 is 12.4. The molecule has 11 heteroatoms. The van der Waals surface area contributed by atoms with Gasteiger partial charge in [-0.25, -0.2) is 12.8 Å². The second-order valence-corrected chi connectivity index (χ2v) is 12.3. The number of benzene rings is 4. The van der Waals surface area contributed by atoms with Crippen LogP contribution in [0.1, 0.15) is 18.1 Å². The Balaban J connectivity index is 1.80. The van der Waals surface area contributed by atoms with E-state index in [0.717, 1.165) is 22.0 Å². The van der Waals surface area contributed by atoms with Gasteiger partial charge in [0.15, 0.2) is 0 Å². The molecule has 0 aromatic heterocycles. The fraction of sp³-hybridized carbons (Fsp3) is 0.188. The van der Waals surface area contributed by atoms with Crippen LogP contribution in [0.2, 0.25) is 10.0 Å². The molecule has 0 unspecified atom stereocenters. The Morgan fingerprint density at radius 1 is 0.837 bits per heavy atom. The van der Waals surface area contributed by atoms with Crippen molar-refractivity contribution in [2.75, 3.05) is 17.4 Å². The smallest absolute Gasteiger partial charge is 0.264 e. The fourth-order valence-corrected chi connectivity index (χ4v) is 6.29. The Kier molecular flexibility index (Phi) is 10.8. The lowest BCUT2D eigenvalue weighted by molar-refractivity contribution is -0.140. The van der Waals surface area contributed by atoms with E-state index in [1.807, 2.05) is 30.3 Å². The normalized spacial score (nSPS) is 11.9. The van der Waals surface area contributed by atoms with E-state index in [0.29, 0.717) is 17.1 Å². The Morgan fingerprint density at radius 2 is 1.47 bits per heavy atom. The molecule has 0 radical (unpaired) electrons. The van der Waals surface area contributed by atoms with Gasteiger partial charge in [0.2, 0.25) is 11.8 Å². The molecule has 1 N–H and O–H groups in total. The van der Waals surface area contributed by atoms with E-state index in [1.54, 1.807) is 43.3 Å². The summed E-state index contributed by atoms with van der Waals surface area (Å²) in [5.74, 6) is -1.62. The number of nitrogens with zero attached hydrogens (tertiary/aromatic N) is 2. The minimum absolute atomic E-state index is 0.0484. The van der Waals surface area contributed by atoms with Crippen molar-refractivity contribution in [2.45, 2.75) is 30.8 Å². The Bertz CT molecular complexity index is 1660. The number of sulfonamides is 1. The van der Waals surface area contributed by atoms with Gasteiger partial charge in [-0.15, -0.1) is 0 Å². The summed E-state index contributed by atoms with van der Waals surface area (Å²) in [5.41, 5.74) is 1.48. The van der Waals surface area contributed by atoms with Crippen LogP contribution in [0.15, 0.2) is 108 Å². The molecule has 0 aliphatic rings. The molecule has 2 amide bonds. The monoisotopic (exact) mass is 641 g/mol. The van der Waals surface area contributed by atoms with Crippen molar-refractivity contribution in [1.29, 1.82) is 0 Å². The molecule has 0 spiro atoms. The predicted molar refractivity (Wildman–Crippen MR) is 167 cm³/mol. The van der Waals surface area contributed by atoms with E-state index in [1.165, 1.54) is 29.2 Å². The molecule has 1 atom stereocenters. The van der Waals surface area contributed by atoms with Gasteiger partial charge >= 0.3 is 0 Å². The summed E-state index contributed by atoms with van der Waals surface area (Å²) in [5, 5.41) is 3.39. The number of rotatable bonds is 12. The Morgan fingerprint density at radius 3 is 2.07 bits per heavy atom. The number of likely N-dealkylation sites (N-methyl/N-ethyl adjacent to an activating group) is 1. The number of amides is 2. The van der Waals surface area contributed by atoms with Crippen LogP contribution in [-0.2, 0) is 32.6 Å². The standard InChI is InChI=1S/C32H30Cl2FN3O4S/c1-2-36-32(40)30(20-23-9-5-3-6-10-23)37(21-24-13-18-28(33)29(34)19-24)31(39)22-38(26-16-14-25(35)15-17-26)43(41,42)27-11-7-4-8-12-27/h3-19,30H,2,20-22H2,1H3,(H,36,40)/t30-/m0/s1. The molecule has 0 saturated heterocycles. The van der Waals surface area contributed by atoms with Crippen molar-refractivity contribution >= 4 is 50.7 Å². The first-order valence-electron chi connectivity index (χ1n) is 13.5. The second kappa shape index (κ2) is 14.5. The highest BCUT2D eigenvalue weighted by atomic mass is 35.5. The lowest BCUT2D eigenvalue weighted by Crippen LogP contribution is -2.53. The summed E-state index contributed by atoms with van der Waals surface area (Å²) in [6.45, 7) is 1.37. The minimum Gasteiger partial charge on any atom is -0.355 e. The zero-order valence-electron chi connectivity index (χ0n) is 23.3. The largest absolute Gasteiger partial charge is 0.355 e. The molecular formula is C32H30Cl2FN3O4S.